The molecule has 0 amide bonds. The van der Waals surface area contributed by atoms with Crippen LogP contribution in [0.1, 0.15) is 0 Å². The number of aromatic amines is 1. The Bertz CT molecular complexity index is 774. The third-order valence-electron chi connectivity index (χ3n) is 2.55. The van der Waals surface area contributed by atoms with Crippen molar-refractivity contribution in [2.24, 2.45) is 0 Å². The van der Waals surface area contributed by atoms with Crippen LogP contribution < -0.4 is 11.4 Å². The third kappa shape index (κ3) is 1.63. The number of aromatic nitrogens is 4. The van der Waals surface area contributed by atoms with E-state index in [2.05, 4.69) is 15.1 Å². The number of nitrogens with one attached hydrogen (secondary N) is 1. The van der Waals surface area contributed by atoms with Gasteiger partial charge in [0, 0.05) is 5.02 Å². The molecule has 0 spiro atoms. The zero-order valence-corrected chi connectivity index (χ0v) is 9.85. The quantitative estimate of drug-likeness (QED) is 0.692. The van der Waals surface area contributed by atoms with Gasteiger partial charge in [-0.05, 0) is 24.3 Å². The molecule has 0 fully saturated rings. The number of nitrogens with zero attached hydrogens (tertiary/aromatic N) is 3. The normalized spacial score (nSPS) is 10.9. The van der Waals surface area contributed by atoms with Crippen LogP contribution in [0, 0.1) is 0 Å². The van der Waals surface area contributed by atoms with Gasteiger partial charge in [0.2, 0.25) is 0 Å². The fourth-order valence-corrected chi connectivity index (χ4v) is 1.84. The summed E-state index contributed by atoms with van der Waals surface area (Å²) in [5, 5.41) is 5.40. The Labute approximate surface area is 106 Å². The van der Waals surface area contributed by atoms with Gasteiger partial charge in [0.25, 0.3) is 0 Å². The van der Waals surface area contributed by atoms with E-state index >= 15 is 0 Å². The van der Waals surface area contributed by atoms with Crippen LogP contribution in [0.15, 0.2) is 35.3 Å². The minimum Gasteiger partial charge on any atom is -0.384 e. The molecule has 0 aliphatic carbocycles. The largest absolute Gasteiger partial charge is 0.384 e. The first-order valence-corrected chi connectivity index (χ1v) is 5.52. The molecule has 0 saturated heterocycles. The standard InChI is InChI=1S/C11H8ClN5O/c12-6-1-3-7(4-2-6)17-10-8(5-14-17)9(13)15-11(18)16-10/h1-5H,(H3,13,15,16,18). The maximum atomic E-state index is 11.3. The van der Waals surface area contributed by atoms with Crippen LogP contribution in [0.5, 0.6) is 0 Å². The molecule has 0 atom stereocenters. The van der Waals surface area contributed by atoms with Crippen LogP contribution in [0.25, 0.3) is 16.7 Å². The molecular formula is C11H8ClN5O. The van der Waals surface area contributed by atoms with Gasteiger partial charge in [-0.15, -0.1) is 0 Å². The molecule has 7 heteroatoms. The number of hydrogen-bond acceptors (Lipinski definition) is 4. The fraction of sp³-hybridized carbons (Fsp3) is 0. The fourth-order valence-electron chi connectivity index (χ4n) is 1.72. The van der Waals surface area contributed by atoms with E-state index in [1.807, 2.05) is 0 Å². The Hall–Kier alpha value is -2.34. The molecule has 2 heterocycles. The smallest absolute Gasteiger partial charge is 0.348 e. The predicted octanol–water partition coefficient (Wildman–Crippen LogP) is 1.34. The Morgan fingerprint density at radius 3 is 2.72 bits per heavy atom. The van der Waals surface area contributed by atoms with Gasteiger partial charge >= 0.3 is 5.69 Å². The van der Waals surface area contributed by atoms with Gasteiger partial charge in [0.1, 0.15) is 5.82 Å². The van der Waals surface area contributed by atoms with E-state index in [1.165, 1.54) is 4.68 Å². The van der Waals surface area contributed by atoms with Crippen LogP contribution in [-0.4, -0.2) is 19.7 Å². The number of halogens is 1. The highest BCUT2D eigenvalue weighted by Crippen LogP contribution is 2.19. The van der Waals surface area contributed by atoms with E-state index in [-0.39, 0.29) is 5.82 Å². The monoisotopic (exact) mass is 261 g/mol. The van der Waals surface area contributed by atoms with Crippen molar-refractivity contribution in [3.63, 3.8) is 0 Å². The number of rotatable bonds is 1. The first-order chi connectivity index (χ1) is 8.65. The Morgan fingerprint density at radius 2 is 2.00 bits per heavy atom. The summed E-state index contributed by atoms with van der Waals surface area (Å²) in [7, 11) is 0. The van der Waals surface area contributed by atoms with Gasteiger partial charge in [0.15, 0.2) is 5.65 Å². The first kappa shape index (κ1) is 10.8. The highest BCUT2D eigenvalue weighted by Gasteiger charge is 2.10. The molecule has 2 aromatic heterocycles. The summed E-state index contributed by atoms with van der Waals surface area (Å²) in [5.41, 5.74) is 6.37. The second-order valence-corrected chi connectivity index (χ2v) is 4.16. The van der Waals surface area contributed by atoms with Crippen molar-refractivity contribution in [2.75, 3.05) is 5.73 Å². The summed E-state index contributed by atoms with van der Waals surface area (Å²) in [6.07, 6.45) is 1.56. The molecule has 0 saturated carbocycles. The van der Waals surface area contributed by atoms with Crippen LogP contribution in [0.3, 0.4) is 0 Å². The lowest BCUT2D eigenvalue weighted by Gasteiger charge is -2.02. The highest BCUT2D eigenvalue weighted by atomic mass is 35.5. The number of nitrogen functional groups attached to an aromatic ring is 1. The second-order valence-electron chi connectivity index (χ2n) is 3.73. The third-order valence-corrected chi connectivity index (χ3v) is 2.81. The van der Waals surface area contributed by atoms with Crippen LogP contribution in [0.4, 0.5) is 5.82 Å². The average Bonchev–Trinajstić information content (AvgIpc) is 2.74. The van der Waals surface area contributed by atoms with Crippen LogP contribution in [0.2, 0.25) is 5.02 Å². The predicted molar refractivity (Wildman–Crippen MR) is 68.9 cm³/mol. The molecule has 0 unspecified atom stereocenters. The molecule has 0 aliphatic heterocycles. The molecule has 18 heavy (non-hydrogen) atoms. The van der Waals surface area contributed by atoms with Crippen molar-refractivity contribution in [3.8, 4) is 5.69 Å². The Balaban J connectivity index is 2.30. The first-order valence-electron chi connectivity index (χ1n) is 5.14. The molecular weight excluding hydrogens is 254 g/mol. The van der Waals surface area contributed by atoms with Gasteiger partial charge in [-0.3, -0.25) is 4.98 Å². The summed E-state index contributed by atoms with van der Waals surface area (Å²) in [6, 6.07) is 7.05. The van der Waals surface area contributed by atoms with Crippen molar-refractivity contribution in [1.82, 2.24) is 19.7 Å². The van der Waals surface area contributed by atoms with Crippen molar-refractivity contribution < 1.29 is 0 Å². The summed E-state index contributed by atoms with van der Waals surface area (Å²) < 4.78 is 1.54. The average molecular weight is 262 g/mol. The molecule has 0 aliphatic rings. The second kappa shape index (κ2) is 3.85. The molecule has 1 aromatic carbocycles. The van der Waals surface area contributed by atoms with E-state index in [0.717, 1.165) is 5.69 Å². The van der Waals surface area contributed by atoms with Gasteiger partial charge in [-0.25, -0.2) is 9.48 Å². The summed E-state index contributed by atoms with van der Waals surface area (Å²) in [4.78, 5) is 17.6. The van der Waals surface area contributed by atoms with E-state index in [0.29, 0.717) is 16.1 Å². The Kier molecular flexibility index (Phi) is 2.31. The minimum absolute atomic E-state index is 0.255. The Morgan fingerprint density at radius 1 is 1.28 bits per heavy atom. The number of nitrogens with two attached hydrogens (primary N) is 1. The summed E-state index contributed by atoms with van der Waals surface area (Å²) in [5.74, 6) is 0.255. The van der Waals surface area contributed by atoms with Crippen molar-refractivity contribution in [1.29, 1.82) is 0 Å². The summed E-state index contributed by atoms with van der Waals surface area (Å²) in [6.45, 7) is 0. The molecule has 90 valence electrons. The van der Waals surface area contributed by atoms with Crippen LogP contribution in [-0.2, 0) is 0 Å². The number of hydrogen-bond donors (Lipinski definition) is 2. The van der Waals surface area contributed by atoms with E-state index in [9.17, 15) is 4.79 Å². The van der Waals surface area contributed by atoms with Gasteiger partial charge in [-0.2, -0.15) is 10.1 Å². The number of fused-ring (bicyclic) bond motifs is 1. The lowest BCUT2D eigenvalue weighted by molar-refractivity contribution is 0.890. The van der Waals surface area contributed by atoms with Gasteiger partial charge in [-0.1, -0.05) is 11.6 Å². The molecule has 3 rings (SSSR count). The number of benzene rings is 1. The van der Waals surface area contributed by atoms with E-state index in [4.69, 9.17) is 17.3 Å². The maximum absolute atomic E-state index is 11.3. The lowest BCUT2D eigenvalue weighted by atomic mass is 10.3. The lowest BCUT2D eigenvalue weighted by Crippen LogP contribution is -2.13. The molecule has 0 bridgehead atoms. The zero-order valence-electron chi connectivity index (χ0n) is 9.09. The van der Waals surface area contributed by atoms with Crippen molar-refractivity contribution in [3.05, 3.63) is 46.0 Å². The van der Waals surface area contributed by atoms with Gasteiger partial charge in [0.05, 0.1) is 17.3 Å². The maximum Gasteiger partial charge on any atom is 0.348 e. The molecule has 3 N–H and O–H groups in total. The SMILES string of the molecule is Nc1[nH]c(=O)nc2c1cnn2-c1ccc(Cl)cc1. The summed E-state index contributed by atoms with van der Waals surface area (Å²) >= 11 is 5.82. The van der Waals surface area contributed by atoms with E-state index < -0.39 is 5.69 Å². The molecule has 3 aromatic rings. The zero-order chi connectivity index (χ0) is 12.7. The molecule has 0 radical (unpaired) electrons. The van der Waals surface area contributed by atoms with Gasteiger partial charge < -0.3 is 5.73 Å². The molecule has 6 nitrogen and oxygen atoms in total. The van der Waals surface area contributed by atoms with E-state index in [1.54, 1.807) is 30.5 Å². The topological polar surface area (TPSA) is 89.6 Å². The van der Waals surface area contributed by atoms with Crippen LogP contribution >= 0.6 is 11.6 Å². The number of H-pyrrole nitrogens is 1. The number of anilines is 1. The van der Waals surface area contributed by atoms with Crippen molar-refractivity contribution in [2.45, 2.75) is 0 Å². The minimum atomic E-state index is -0.504. The van der Waals surface area contributed by atoms with Crippen molar-refractivity contribution >= 4 is 28.5 Å². The highest BCUT2D eigenvalue weighted by molar-refractivity contribution is 6.30.